The van der Waals surface area contributed by atoms with Crippen LogP contribution in [0.25, 0.3) is 17.1 Å². The molecule has 1 amide bonds. The molecule has 0 spiro atoms. The lowest BCUT2D eigenvalue weighted by Crippen LogP contribution is -2.42. The SMILES string of the molecule is O=C(O)CN(C(=O)c1cc(-c2cccc(C(F)(F)F)c2)n(-c2ccccn2)n1)C1CCCC1. The van der Waals surface area contributed by atoms with Gasteiger partial charge < -0.3 is 10.0 Å². The number of aromatic nitrogens is 3. The zero-order valence-electron chi connectivity index (χ0n) is 17.5. The number of nitrogens with zero attached hydrogens (tertiary/aromatic N) is 4. The summed E-state index contributed by atoms with van der Waals surface area (Å²) in [6.45, 7) is -0.473. The van der Waals surface area contributed by atoms with E-state index in [1.54, 1.807) is 18.2 Å². The van der Waals surface area contributed by atoms with Crippen LogP contribution in [-0.2, 0) is 11.0 Å². The van der Waals surface area contributed by atoms with E-state index in [4.69, 9.17) is 0 Å². The molecule has 0 unspecified atom stereocenters. The van der Waals surface area contributed by atoms with Crippen LogP contribution in [-0.4, -0.2) is 49.2 Å². The van der Waals surface area contributed by atoms with Gasteiger partial charge in [0.2, 0.25) is 0 Å². The number of hydrogen-bond acceptors (Lipinski definition) is 4. The van der Waals surface area contributed by atoms with Crippen LogP contribution in [0.5, 0.6) is 0 Å². The minimum absolute atomic E-state index is 0.0544. The van der Waals surface area contributed by atoms with E-state index < -0.39 is 30.2 Å². The minimum atomic E-state index is -4.54. The summed E-state index contributed by atoms with van der Waals surface area (Å²) in [6.07, 6.45) is 0.147. The van der Waals surface area contributed by atoms with E-state index in [9.17, 15) is 27.9 Å². The number of aliphatic carboxylic acids is 1. The fraction of sp³-hybridized carbons (Fsp3) is 0.304. The molecule has 1 N–H and O–H groups in total. The van der Waals surface area contributed by atoms with Crippen LogP contribution in [0.4, 0.5) is 13.2 Å². The molecule has 1 fully saturated rings. The smallest absolute Gasteiger partial charge is 0.416 e. The molecule has 0 atom stereocenters. The second kappa shape index (κ2) is 9.05. The normalized spacial score (nSPS) is 14.4. The van der Waals surface area contributed by atoms with E-state index in [0.717, 1.165) is 25.0 Å². The van der Waals surface area contributed by atoms with E-state index in [2.05, 4.69) is 10.1 Å². The van der Waals surface area contributed by atoms with Gasteiger partial charge in [0.1, 0.15) is 6.54 Å². The van der Waals surface area contributed by atoms with Crippen LogP contribution < -0.4 is 0 Å². The minimum Gasteiger partial charge on any atom is -0.480 e. The molecule has 0 radical (unpaired) electrons. The standard InChI is InChI=1S/C23H21F3N4O3/c24-23(25,26)16-7-5-6-15(12-16)19-13-18(28-30(19)20-10-3-4-11-27-20)22(33)29(14-21(31)32)17-8-1-2-9-17/h3-7,10-13,17H,1-2,8-9,14H2,(H,31,32). The van der Waals surface area contributed by atoms with Crippen molar-refractivity contribution >= 4 is 11.9 Å². The predicted molar refractivity (Wildman–Crippen MR) is 113 cm³/mol. The van der Waals surface area contributed by atoms with Gasteiger partial charge in [0, 0.05) is 17.8 Å². The molecular formula is C23H21F3N4O3. The Bertz CT molecular complexity index is 1160. The summed E-state index contributed by atoms with van der Waals surface area (Å²) in [4.78, 5) is 30.2. The van der Waals surface area contributed by atoms with Gasteiger partial charge in [-0.25, -0.2) is 9.67 Å². The Kier molecular flexibility index (Phi) is 6.17. The summed E-state index contributed by atoms with van der Waals surface area (Å²) in [5.41, 5.74) is -0.446. The maximum absolute atomic E-state index is 13.3. The summed E-state index contributed by atoms with van der Waals surface area (Å²) in [5, 5.41) is 13.7. The van der Waals surface area contributed by atoms with E-state index >= 15 is 0 Å². The van der Waals surface area contributed by atoms with Crippen molar-refractivity contribution in [2.75, 3.05) is 6.54 Å². The molecule has 0 aliphatic heterocycles. The largest absolute Gasteiger partial charge is 0.480 e. The molecule has 0 saturated heterocycles. The van der Waals surface area contributed by atoms with Gasteiger partial charge in [-0.2, -0.15) is 18.3 Å². The van der Waals surface area contributed by atoms with Gasteiger partial charge in [0.15, 0.2) is 11.5 Å². The molecule has 3 aromatic rings. The number of hydrogen-bond donors (Lipinski definition) is 1. The van der Waals surface area contributed by atoms with Gasteiger partial charge in [0.05, 0.1) is 11.3 Å². The van der Waals surface area contributed by atoms with Gasteiger partial charge in [-0.1, -0.05) is 31.0 Å². The first kappa shape index (κ1) is 22.5. The number of carboxylic acid groups (broad SMARTS) is 1. The highest BCUT2D eigenvalue weighted by atomic mass is 19.4. The van der Waals surface area contributed by atoms with Crippen molar-refractivity contribution in [3.63, 3.8) is 0 Å². The summed E-state index contributed by atoms with van der Waals surface area (Å²) < 4.78 is 41.2. The van der Waals surface area contributed by atoms with E-state index in [1.165, 1.54) is 34.0 Å². The number of benzene rings is 1. The molecule has 2 aromatic heterocycles. The van der Waals surface area contributed by atoms with Crippen LogP contribution in [0.3, 0.4) is 0 Å². The molecule has 4 rings (SSSR count). The van der Waals surface area contributed by atoms with Gasteiger partial charge in [0.25, 0.3) is 5.91 Å². The summed E-state index contributed by atoms with van der Waals surface area (Å²) in [5.74, 6) is -1.40. The van der Waals surface area contributed by atoms with Crippen molar-refractivity contribution in [1.29, 1.82) is 0 Å². The molecule has 2 heterocycles. The molecule has 1 aromatic carbocycles. The van der Waals surface area contributed by atoms with Crippen LogP contribution in [0, 0.1) is 0 Å². The molecule has 7 nitrogen and oxygen atoms in total. The second-order valence-corrected chi connectivity index (χ2v) is 7.86. The number of pyridine rings is 1. The number of carbonyl (C=O) groups is 2. The molecule has 0 bridgehead atoms. The zero-order chi connectivity index (χ0) is 23.6. The Morgan fingerprint density at radius 1 is 1.09 bits per heavy atom. The molecule has 1 saturated carbocycles. The highest BCUT2D eigenvalue weighted by molar-refractivity contribution is 5.95. The molecule has 10 heteroatoms. The van der Waals surface area contributed by atoms with Crippen LogP contribution in [0.2, 0.25) is 0 Å². The van der Waals surface area contributed by atoms with Crippen molar-refractivity contribution < 1.29 is 27.9 Å². The number of amides is 1. The third kappa shape index (κ3) is 4.89. The Labute approximate surface area is 187 Å². The number of rotatable bonds is 6. The van der Waals surface area contributed by atoms with Crippen molar-refractivity contribution in [2.24, 2.45) is 0 Å². The fourth-order valence-corrected chi connectivity index (χ4v) is 4.08. The lowest BCUT2D eigenvalue weighted by molar-refractivity contribution is -0.138. The lowest BCUT2D eigenvalue weighted by Gasteiger charge is -2.26. The average molecular weight is 458 g/mol. The monoisotopic (exact) mass is 458 g/mol. The lowest BCUT2D eigenvalue weighted by atomic mass is 10.1. The molecule has 1 aliphatic carbocycles. The van der Waals surface area contributed by atoms with Gasteiger partial charge >= 0.3 is 12.1 Å². The number of carbonyl (C=O) groups excluding carboxylic acids is 1. The van der Waals surface area contributed by atoms with Gasteiger partial charge in [-0.05, 0) is 43.2 Å². The fourth-order valence-electron chi connectivity index (χ4n) is 4.08. The first-order chi connectivity index (χ1) is 15.7. The number of halogens is 3. The van der Waals surface area contributed by atoms with Crippen molar-refractivity contribution in [3.05, 3.63) is 66.0 Å². The van der Waals surface area contributed by atoms with Crippen LogP contribution >= 0.6 is 0 Å². The predicted octanol–water partition coefficient (Wildman–Crippen LogP) is 4.42. The van der Waals surface area contributed by atoms with Crippen LogP contribution in [0.15, 0.2) is 54.7 Å². The third-order valence-corrected chi connectivity index (χ3v) is 5.61. The molecule has 172 valence electrons. The zero-order valence-corrected chi connectivity index (χ0v) is 17.5. The number of alkyl halides is 3. The molecule has 33 heavy (non-hydrogen) atoms. The van der Waals surface area contributed by atoms with Crippen molar-refractivity contribution in [1.82, 2.24) is 19.7 Å². The highest BCUT2D eigenvalue weighted by Gasteiger charge is 2.33. The quantitative estimate of drug-likeness (QED) is 0.591. The third-order valence-electron chi connectivity index (χ3n) is 5.61. The average Bonchev–Trinajstić information content (AvgIpc) is 3.47. The van der Waals surface area contributed by atoms with Crippen LogP contribution in [0.1, 0.15) is 41.7 Å². The molecular weight excluding hydrogens is 437 g/mol. The topological polar surface area (TPSA) is 88.3 Å². The highest BCUT2D eigenvalue weighted by Crippen LogP contribution is 2.33. The summed E-state index contributed by atoms with van der Waals surface area (Å²) in [6, 6.07) is 10.9. The van der Waals surface area contributed by atoms with E-state index in [0.29, 0.717) is 18.7 Å². The maximum Gasteiger partial charge on any atom is 0.416 e. The van der Waals surface area contributed by atoms with E-state index in [-0.39, 0.29) is 23.0 Å². The summed E-state index contributed by atoms with van der Waals surface area (Å²) in [7, 11) is 0. The Morgan fingerprint density at radius 2 is 1.85 bits per heavy atom. The van der Waals surface area contributed by atoms with Gasteiger partial charge in [-0.3, -0.25) is 9.59 Å². The maximum atomic E-state index is 13.3. The Balaban J connectivity index is 1.80. The Morgan fingerprint density at radius 3 is 2.48 bits per heavy atom. The van der Waals surface area contributed by atoms with E-state index in [1.807, 2.05) is 0 Å². The van der Waals surface area contributed by atoms with Gasteiger partial charge in [-0.15, -0.1) is 0 Å². The second-order valence-electron chi connectivity index (χ2n) is 7.86. The van der Waals surface area contributed by atoms with Crippen molar-refractivity contribution in [3.8, 4) is 17.1 Å². The number of carboxylic acids is 1. The first-order valence-corrected chi connectivity index (χ1v) is 10.5. The van der Waals surface area contributed by atoms with Crippen molar-refractivity contribution in [2.45, 2.75) is 37.9 Å². The first-order valence-electron chi connectivity index (χ1n) is 10.5. The molecule has 1 aliphatic rings. The Hall–Kier alpha value is -3.69. The summed E-state index contributed by atoms with van der Waals surface area (Å²) >= 11 is 0.